The van der Waals surface area contributed by atoms with Gasteiger partial charge in [0.25, 0.3) is 0 Å². The third-order valence-electron chi connectivity index (χ3n) is 3.80. The van der Waals surface area contributed by atoms with Gasteiger partial charge >= 0.3 is 6.09 Å². The highest BCUT2D eigenvalue weighted by molar-refractivity contribution is 5.73. The molecule has 1 aromatic rings. The Balaban J connectivity index is 1.78. The van der Waals surface area contributed by atoms with Gasteiger partial charge in [0.1, 0.15) is 12.9 Å². The second-order valence-electron chi connectivity index (χ2n) is 5.27. The Hall–Kier alpha value is -1.84. The monoisotopic (exact) mass is 275 g/mol. The van der Waals surface area contributed by atoms with Gasteiger partial charge in [0.2, 0.25) is 0 Å². The van der Waals surface area contributed by atoms with Gasteiger partial charge in [0.15, 0.2) is 0 Å². The lowest BCUT2D eigenvalue weighted by molar-refractivity contribution is -0.110. The van der Waals surface area contributed by atoms with Gasteiger partial charge in [-0.15, -0.1) is 0 Å². The first-order valence-corrected chi connectivity index (χ1v) is 7.22. The summed E-state index contributed by atoms with van der Waals surface area (Å²) < 4.78 is 5.14. The first kappa shape index (κ1) is 14.6. The molecule has 0 saturated heterocycles. The van der Waals surface area contributed by atoms with Crippen LogP contribution in [0, 0.1) is 5.92 Å². The summed E-state index contributed by atoms with van der Waals surface area (Å²) >= 11 is 0. The minimum atomic E-state index is -0.517. The quantitative estimate of drug-likeness (QED) is 0.840. The van der Waals surface area contributed by atoms with Gasteiger partial charge in [-0.25, -0.2) is 4.79 Å². The van der Waals surface area contributed by atoms with Crippen LogP contribution in [0.5, 0.6) is 0 Å². The molecule has 0 bridgehead atoms. The standard InChI is InChI=1S/C16H21NO3/c18-11-15(14-9-5-2-6-10-14)17-16(19)20-12-13-7-3-1-4-8-13/h1,3-4,7-8,11,14-15H,2,5-6,9-10,12H2,(H,17,19)/t15-/m0/s1. The number of hydrogen-bond donors (Lipinski definition) is 1. The van der Waals surface area contributed by atoms with E-state index < -0.39 is 12.1 Å². The highest BCUT2D eigenvalue weighted by Gasteiger charge is 2.25. The lowest BCUT2D eigenvalue weighted by Crippen LogP contribution is -2.42. The zero-order valence-electron chi connectivity index (χ0n) is 11.6. The number of rotatable bonds is 5. The van der Waals surface area contributed by atoms with E-state index >= 15 is 0 Å². The van der Waals surface area contributed by atoms with Crippen LogP contribution in [0.15, 0.2) is 30.3 Å². The van der Waals surface area contributed by atoms with Crippen molar-refractivity contribution in [1.82, 2.24) is 5.32 Å². The van der Waals surface area contributed by atoms with E-state index in [2.05, 4.69) is 5.32 Å². The molecule has 1 saturated carbocycles. The normalized spacial score (nSPS) is 17.2. The van der Waals surface area contributed by atoms with E-state index in [9.17, 15) is 9.59 Å². The van der Waals surface area contributed by atoms with Crippen molar-refractivity contribution in [3.05, 3.63) is 35.9 Å². The van der Waals surface area contributed by atoms with E-state index in [0.717, 1.165) is 37.5 Å². The van der Waals surface area contributed by atoms with Crippen molar-refractivity contribution < 1.29 is 14.3 Å². The van der Waals surface area contributed by atoms with Gasteiger partial charge in [-0.2, -0.15) is 0 Å². The first-order valence-electron chi connectivity index (χ1n) is 7.22. The Kier molecular flexibility index (Phi) is 5.59. The molecule has 0 radical (unpaired) electrons. The zero-order chi connectivity index (χ0) is 14.2. The predicted molar refractivity (Wildman–Crippen MR) is 76.2 cm³/mol. The zero-order valence-corrected chi connectivity index (χ0v) is 11.6. The fourth-order valence-corrected chi connectivity index (χ4v) is 2.66. The average molecular weight is 275 g/mol. The molecule has 1 atom stereocenters. The van der Waals surface area contributed by atoms with Crippen molar-refractivity contribution in [3.63, 3.8) is 0 Å². The molecule has 1 N–H and O–H groups in total. The van der Waals surface area contributed by atoms with Crippen LogP contribution in [-0.2, 0) is 16.1 Å². The van der Waals surface area contributed by atoms with Crippen LogP contribution in [0.2, 0.25) is 0 Å². The SMILES string of the molecule is O=C[C@H](NC(=O)OCc1ccccc1)C1CCCCC1. The molecule has 1 amide bonds. The van der Waals surface area contributed by atoms with Crippen molar-refractivity contribution in [1.29, 1.82) is 0 Å². The number of amides is 1. The Labute approximate surface area is 119 Å². The maximum absolute atomic E-state index is 11.7. The van der Waals surface area contributed by atoms with Crippen molar-refractivity contribution in [3.8, 4) is 0 Å². The summed E-state index contributed by atoms with van der Waals surface area (Å²) in [7, 11) is 0. The van der Waals surface area contributed by atoms with Crippen molar-refractivity contribution in [2.75, 3.05) is 0 Å². The lowest BCUT2D eigenvalue weighted by Gasteiger charge is -2.26. The molecule has 0 heterocycles. The topological polar surface area (TPSA) is 55.4 Å². The summed E-state index contributed by atoms with van der Waals surface area (Å²) in [5.41, 5.74) is 0.933. The fraction of sp³-hybridized carbons (Fsp3) is 0.500. The first-order chi connectivity index (χ1) is 9.79. The molecular weight excluding hydrogens is 254 g/mol. The predicted octanol–water partition coefficient (Wildman–Crippen LogP) is 3.06. The van der Waals surface area contributed by atoms with Crippen LogP contribution in [0.4, 0.5) is 4.79 Å². The van der Waals surface area contributed by atoms with Crippen LogP contribution in [0.1, 0.15) is 37.7 Å². The van der Waals surface area contributed by atoms with Crippen LogP contribution in [0.3, 0.4) is 0 Å². The summed E-state index contributed by atoms with van der Waals surface area (Å²) in [4.78, 5) is 22.9. The Bertz CT molecular complexity index is 427. The number of nitrogens with one attached hydrogen (secondary N) is 1. The average Bonchev–Trinajstić information content (AvgIpc) is 2.52. The molecule has 2 rings (SSSR count). The minimum Gasteiger partial charge on any atom is -0.445 e. The number of carbonyl (C=O) groups excluding carboxylic acids is 2. The van der Waals surface area contributed by atoms with E-state index in [-0.39, 0.29) is 12.5 Å². The van der Waals surface area contributed by atoms with Crippen LogP contribution in [0.25, 0.3) is 0 Å². The molecule has 4 nitrogen and oxygen atoms in total. The summed E-state index contributed by atoms with van der Waals surface area (Å²) in [5, 5.41) is 2.68. The van der Waals surface area contributed by atoms with Crippen molar-refractivity contribution in [2.45, 2.75) is 44.8 Å². The number of benzene rings is 1. The largest absolute Gasteiger partial charge is 0.445 e. The molecule has 1 aliphatic carbocycles. The van der Waals surface area contributed by atoms with Gasteiger partial charge in [0, 0.05) is 0 Å². The Morgan fingerprint density at radius 1 is 1.25 bits per heavy atom. The van der Waals surface area contributed by atoms with Crippen molar-refractivity contribution in [2.24, 2.45) is 5.92 Å². The maximum atomic E-state index is 11.7. The molecule has 108 valence electrons. The summed E-state index contributed by atoms with van der Waals surface area (Å²) in [6.07, 6.45) is 5.81. The van der Waals surface area contributed by atoms with E-state index in [1.807, 2.05) is 30.3 Å². The number of aldehydes is 1. The van der Waals surface area contributed by atoms with E-state index in [1.54, 1.807) is 0 Å². The van der Waals surface area contributed by atoms with Gasteiger partial charge in [-0.3, -0.25) is 0 Å². The summed E-state index contributed by atoms with van der Waals surface area (Å²) in [6, 6.07) is 9.07. The molecule has 0 spiro atoms. The van der Waals surface area contributed by atoms with Crippen molar-refractivity contribution >= 4 is 12.4 Å². The van der Waals surface area contributed by atoms with E-state index in [4.69, 9.17) is 4.74 Å². The third-order valence-corrected chi connectivity index (χ3v) is 3.80. The van der Waals surface area contributed by atoms with Gasteiger partial charge < -0.3 is 14.8 Å². The maximum Gasteiger partial charge on any atom is 0.408 e. The van der Waals surface area contributed by atoms with Gasteiger partial charge in [-0.05, 0) is 24.3 Å². The molecule has 0 unspecified atom stereocenters. The lowest BCUT2D eigenvalue weighted by atomic mass is 9.84. The number of carbonyl (C=O) groups is 2. The molecule has 4 heteroatoms. The van der Waals surface area contributed by atoms with Crippen LogP contribution < -0.4 is 5.32 Å². The van der Waals surface area contributed by atoms with Crippen LogP contribution >= 0.6 is 0 Å². The smallest absolute Gasteiger partial charge is 0.408 e. The fourth-order valence-electron chi connectivity index (χ4n) is 2.66. The molecule has 1 aliphatic rings. The van der Waals surface area contributed by atoms with Gasteiger partial charge in [-0.1, -0.05) is 49.6 Å². The molecule has 1 aromatic carbocycles. The number of alkyl carbamates (subject to hydrolysis) is 1. The van der Waals surface area contributed by atoms with E-state index in [1.165, 1.54) is 6.42 Å². The summed E-state index contributed by atoms with van der Waals surface area (Å²) in [5.74, 6) is 0.255. The highest BCUT2D eigenvalue weighted by Crippen LogP contribution is 2.25. The molecule has 1 fully saturated rings. The van der Waals surface area contributed by atoms with Gasteiger partial charge in [0.05, 0.1) is 6.04 Å². The summed E-state index contributed by atoms with van der Waals surface area (Å²) in [6.45, 7) is 0.225. The van der Waals surface area contributed by atoms with E-state index in [0.29, 0.717) is 0 Å². The third kappa shape index (κ3) is 4.37. The number of ether oxygens (including phenoxy) is 1. The molecular formula is C16H21NO3. The second kappa shape index (κ2) is 7.68. The molecule has 0 aliphatic heterocycles. The minimum absolute atomic E-state index is 0.225. The second-order valence-corrected chi connectivity index (χ2v) is 5.27. The Morgan fingerprint density at radius 3 is 2.60 bits per heavy atom. The molecule has 0 aromatic heterocycles. The number of hydrogen-bond acceptors (Lipinski definition) is 3. The Morgan fingerprint density at radius 2 is 1.95 bits per heavy atom. The van der Waals surface area contributed by atoms with Crippen LogP contribution in [-0.4, -0.2) is 18.4 Å². The molecule has 20 heavy (non-hydrogen) atoms. The highest BCUT2D eigenvalue weighted by atomic mass is 16.5.